The Hall–Kier alpha value is -0.212. The van der Waals surface area contributed by atoms with Gasteiger partial charge in [-0.05, 0) is 32.6 Å². The fraction of sp³-hybridized carbons (Fsp3) is 0.889. The molecule has 0 aliphatic heterocycles. The summed E-state index contributed by atoms with van der Waals surface area (Å²) in [6, 6.07) is 0. The van der Waals surface area contributed by atoms with Crippen LogP contribution in [0.3, 0.4) is 0 Å². The number of Topliss-reactive ketones (excluding diaryl/α,β-unsaturated/α-hetero) is 1. The molecule has 0 heterocycles. The van der Waals surface area contributed by atoms with Crippen LogP contribution in [-0.2, 0) is 30.7 Å². The molecule has 5 heteroatoms. The van der Waals surface area contributed by atoms with Crippen molar-refractivity contribution in [2.24, 2.45) is 5.92 Å². The van der Waals surface area contributed by atoms with Gasteiger partial charge in [-0.15, -0.1) is 0 Å². The average Bonchev–Trinajstić information content (AvgIpc) is 2.39. The molecule has 23 heavy (non-hydrogen) atoms. The van der Waals surface area contributed by atoms with Crippen molar-refractivity contribution in [3.8, 4) is 0 Å². The number of aliphatic hydroxyl groups is 1. The Kier molecular flexibility index (Phi) is 20.0. The minimum atomic E-state index is -0.579. The van der Waals surface area contributed by atoms with E-state index in [2.05, 4.69) is 26.1 Å². The van der Waals surface area contributed by atoms with E-state index in [1.165, 1.54) is 12.8 Å². The molecule has 0 spiro atoms. The molecule has 0 aliphatic rings. The number of hydrogen-bond acceptors (Lipinski definition) is 3. The predicted octanol–water partition coefficient (Wildman–Crippen LogP) is 4.10. The molecule has 0 rings (SSSR count). The number of amides is 1. The van der Waals surface area contributed by atoms with Gasteiger partial charge in [0.1, 0.15) is 5.78 Å². The second-order valence-electron chi connectivity index (χ2n) is 6.91. The summed E-state index contributed by atoms with van der Waals surface area (Å²) >= 11 is 0. The van der Waals surface area contributed by atoms with Crippen LogP contribution < -0.4 is 5.32 Å². The van der Waals surface area contributed by atoms with Gasteiger partial charge in [0.25, 0.3) is 0 Å². The van der Waals surface area contributed by atoms with Crippen molar-refractivity contribution in [2.45, 2.75) is 92.0 Å². The predicted molar refractivity (Wildman–Crippen MR) is 94.9 cm³/mol. The van der Waals surface area contributed by atoms with Crippen molar-refractivity contribution in [2.75, 3.05) is 6.61 Å². The molecule has 1 amide bonds. The number of hydrogen-bond donors (Lipinski definition) is 2. The molecule has 0 aromatic carbocycles. The van der Waals surface area contributed by atoms with E-state index in [0.717, 1.165) is 12.3 Å². The Morgan fingerprint density at radius 2 is 1.65 bits per heavy atom. The second kappa shape index (κ2) is 16.6. The van der Waals surface area contributed by atoms with Gasteiger partial charge in [-0.2, -0.15) is 0 Å². The summed E-state index contributed by atoms with van der Waals surface area (Å²) in [5.41, 5.74) is -0.579. The molecule has 140 valence electrons. The van der Waals surface area contributed by atoms with E-state index in [9.17, 15) is 9.59 Å². The monoisotopic (exact) mass is 501 g/mol. The molecule has 0 bridgehead atoms. The summed E-state index contributed by atoms with van der Waals surface area (Å²) < 4.78 is 0. The van der Waals surface area contributed by atoms with E-state index in [1.54, 1.807) is 13.8 Å². The Labute approximate surface area is 158 Å². The van der Waals surface area contributed by atoms with Gasteiger partial charge >= 0.3 is 0 Å². The Morgan fingerprint density at radius 1 is 1.09 bits per heavy atom. The molecular weight excluding hydrogens is 462 g/mol. The van der Waals surface area contributed by atoms with E-state index in [4.69, 9.17) is 5.11 Å². The van der Waals surface area contributed by atoms with Crippen molar-refractivity contribution < 1.29 is 37.2 Å². The third-order valence-corrected chi connectivity index (χ3v) is 3.13. The maximum atomic E-state index is 11.4. The zero-order chi connectivity index (χ0) is 17.6. The maximum absolute atomic E-state index is 11.4. The SMILES string of the molecule is CCCC(=O)CCCC(=O)NC(C)(C)CO.CCCC(C)C.[HH].[W]. The summed E-state index contributed by atoms with van der Waals surface area (Å²) in [6.45, 7) is 12.1. The molecule has 0 saturated carbocycles. The largest absolute Gasteiger partial charge is 0.394 e. The molecule has 4 nitrogen and oxygen atoms in total. The minimum absolute atomic E-state index is 0. The van der Waals surface area contributed by atoms with Crippen molar-refractivity contribution in [3.05, 3.63) is 0 Å². The van der Waals surface area contributed by atoms with Crippen LogP contribution in [0.5, 0.6) is 0 Å². The third-order valence-electron chi connectivity index (χ3n) is 3.13. The molecule has 0 aliphatic carbocycles. The summed E-state index contributed by atoms with van der Waals surface area (Å²) in [5, 5.41) is 11.7. The number of nitrogens with one attached hydrogen (secondary N) is 1. The van der Waals surface area contributed by atoms with Gasteiger partial charge in [0.05, 0.1) is 12.1 Å². The van der Waals surface area contributed by atoms with Gasteiger partial charge in [-0.25, -0.2) is 0 Å². The first kappa shape index (κ1) is 27.6. The summed E-state index contributed by atoms with van der Waals surface area (Å²) in [5.74, 6) is 1.01. The summed E-state index contributed by atoms with van der Waals surface area (Å²) in [6.07, 6.45) is 5.58. The van der Waals surface area contributed by atoms with Gasteiger partial charge < -0.3 is 10.4 Å². The van der Waals surface area contributed by atoms with Gasteiger partial charge in [0.15, 0.2) is 0 Å². The van der Waals surface area contributed by atoms with Gasteiger partial charge in [0, 0.05) is 41.8 Å². The van der Waals surface area contributed by atoms with Crippen LogP contribution >= 0.6 is 0 Å². The van der Waals surface area contributed by atoms with Crippen LogP contribution in [0.25, 0.3) is 0 Å². The quantitative estimate of drug-likeness (QED) is 0.474. The molecule has 0 unspecified atom stereocenters. The normalized spacial score (nSPS) is 10.4. The minimum Gasteiger partial charge on any atom is -0.394 e. The molecule has 0 radical (unpaired) electrons. The fourth-order valence-corrected chi connectivity index (χ4v) is 1.91. The second-order valence-corrected chi connectivity index (χ2v) is 6.91. The first-order valence-corrected chi connectivity index (χ1v) is 8.62. The number of aliphatic hydroxyl groups excluding tert-OH is 1. The zero-order valence-corrected chi connectivity index (χ0v) is 18.8. The fourth-order valence-electron chi connectivity index (χ4n) is 1.91. The topological polar surface area (TPSA) is 66.4 Å². The van der Waals surface area contributed by atoms with Crippen molar-refractivity contribution in [1.29, 1.82) is 0 Å². The van der Waals surface area contributed by atoms with E-state index >= 15 is 0 Å². The Balaban J connectivity index is -0.000000215. The van der Waals surface area contributed by atoms with Crippen molar-refractivity contribution in [3.63, 3.8) is 0 Å². The van der Waals surface area contributed by atoms with Gasteiger partial charge in [-0.1, -0.05) is 40.5 Å². The van der Waals surface area contributed by atoms with E-state index in [0.29, 0.717) is 25.7 Å². The Bertz CT molecular complexity index is 311. The molecule has 0 fully saturated rings. The van der Waals surface area contributed by atoms with Crippen LogP contribution in [0.4, 0.5) is 0 Å². The number of carbonyl (C=O) groups is 2. The maximum Gasteiger partial charge on any atom is 0.220 e. The van der Waals surface area contributed by atoms with Crippen LogP contribution in [0.15, 0.2) is 0 Å². The first-order valence-electron chi connectivity index (χ1n) is 8.62. The number of ketones is 1. The summed E-state index contributed by atoms with van der Waals surface area (Å²) in [4.78, 5) is 22.6. The van der Waals surface area contributed by atoms with Crippen molar-refractivity contribution in [1.82, 2.24) is 5.32 Å². The average molecular weight is 501 g/mol. The zero-order valence-electron chi connectivity index (χ0n) is 15.9. The van der Waals surface area contributed by atoms with E-state index < -0.39 is 5.54 Å². The molecule has 0 saturated heterocycles. The summed E-state index contributed by atoms with van der Waals surface area (Å²) in [7, 11) is 0. The van der Waals surface area contributed by atoms with Crippen LogP contribution in [0, 0.1) is 5.92 Å². The third kappa shape index (κ3) is 21.8. The van der Waals surface area contributed by atoms with Gasteiger partial charge in [0.2, 0.25) is 5.91 Å². The Morgan fingerprint density at radius 3 is 2.00 bits per heavy atom. The smallest absolute Gasteiger partial charge is 0.220 e. The molecule has 0 aromatic rings. The number of carbonyl (C=O) groups excluding carboxylic acids is 2. The van der Waals surface area contributed by atoms with Crippen LogP contribution in [-0.4, -0.2) is 28.9 Å². The van der Waals surface area contributed by atoms with Gasteiger partial charge in [-0.3, -0.25) is 9.59 Å². The van der Waals surface area contributed by atoms with Crippen LogP contribution in [0.2, 0.25) is 0 Å². The van der Waals surface area contributed by atoms with Crippen LogP contribution in [0.1, 0.15) is 87.9 Å². The standard InChI is InChI=1S/C12H23NO3.C6H14.W.H2/c1-4-6-10(15)7-5-8-11(16)13-12(2,3)9-14;1-4-5-6(2)3;;/h14H,4-9H2,1-3H3,(H,13,16);6H,4-5H2,1-3H3;;1H. The molecule has 0 atom stereocenters. The van der Waals surface area contributed by atoms with Crippen molar-refractivity contribution >= 4 is 11.7 Å². The first-order chi connectivity index (χ1) is 10.2. The molecule has 0 aromatic heterocycles. The molecular formula is C18H39NO3W. The van der Waals surface area contributed by atoms with E-state index in [1.807, 2.05) is 6.92 Å². The van der Waals surface area contributed by atoms with E-state index in [-0.39, 0.29) is 40.8 Å². The number of rotatable bonds is 10. The molecule has 2 N–H and O–H groups in total.